The third-order valence-corrected chi connectivity index (χ3v) is 5.10. The van der Waals surface area contributed by atoms with E-state index in [1.165, 1.54) is 10.4 Å². The lowest BCUT2D eigenvalue weighted by Gasteiger charge is -2.20. The van der Waals surface area contributed by atoms with Crippen LogP contribution in [0.25, 0.3) is 9.88 Å². The van der Waals surface area contributed by atoms with Gasteiger partial charge in [-0.15, -0.1) is 21.5 Å². The smallest absolute Gasteiger partial charge is 0.158 e. The molecule has 0 radical (unpaired) electrons. The van der Waals surface area contributed by atoms with E-state index in [1.807, 2.05) is 0 Å². The molecular formula is C15H23N3S2. The van der Waals surface area contributed by atoms with Crippen LogP contribution in [0.3, 0.4) is 0 Å². The van der Waals surface area contributed by atoms with E-state index >= 15 is 0 Å². The predicted molar refractivity (Wildman–Crippen MR) is 88.7 cm³/mol. The zero-order valence-corrected chi connectivity index (χ0v) is 14.3. The highest BCUT2D eigenvalue weighted by Gasteiger charge is 2.12. The normalized spacial score (nSPS) is 12.0. The van der Waals surface area contributed by atoms with Gasteiger partial charge in [-0.05, 0) is 57.2 Å². The highest BCUT2D eigenvalue weighted by Crippen LogP contribution is 2.32. The van der Waals surface area contributed by atoms with Crippen LogP contribution in [0.2, 0.25) is 0 Å². The summed E-state index contributed by atoms with van der Waals surface area (Å²) in [6, 6.07) is 2.19. The molecule has 2 aromatic rings. The van der Waals surface area contributed by atoms with Crippen LogP contribution in [-0.2, 0) is 12.8 Å². The lowest BCUT2D eigenvalue weighted by Crippen LogP contribution is -2.36. The van der Waals surface area contributed by atoms with Crippen LogP contribution >= 0.6 is 22.7 Å². The van der Waals surface area contributed by atoms with E-state index in [1.54, 1.807) is 22.7 Å². The third-order valence-electron chi connectivity index (χ3n) is 3.01. The average molecular weight is 310 g/mol. The van der Waals surface area contributed by atoms with Gasteiger partial charge < -0.3 is 5.32 Å². The predicted octanol–water partition coefficient (Wildman–Crippen LogP) is 4.15. The fraction of sp³-hybridized carbons (Fsp3) is 0.600. The number of hydrogen-bond donors (Lipinski definition) is 1. The van der Waals surface area contributed by atoms with Crippen LogP contribution in [0.15, 0.2) is 11.4 Å². The van der Waals surface area contributed by atoms with Crippen molar-refractivity contribution in [2.24, 2.45) is 0 Å². The highest BCUT2D eigenvalue weighted by atomic mass is 32.1. The van der Waals surface area contributed by atoms with E-state index in [0.29, 0.717) is 0 Å². The molecule has 1 N–H and O–H groups in total. The molecule has 0 aliphatic rings. The molecule has 2 rings (SSSR count). The van der Waals surface area contributed by atoms with Crippen LogP contribution in [0.1, 0.15) is 44.7 Å². The number of rotatable bonds is 6. The van der Waals surface area contributed by atoms with Crippen LogP contribution in [0.4, 0.5) is 0 Å². The van der Waals surface area contributed by atoms with E-state index in [0.717, 1.165) is 35.8 Å². The molecule has 0 bridgehead atoms. The second-order valence-electron chi connectivity index (χ2n) is 5.91. The van der Waals surface area contributed by atoms with Gasteiger partial charge in [-0.3, -0.25) is 0 Å². The number of aryl methyl sites for hydroxylation is 2. The summed E-state index contributed by atoms with van der Waals surface area (Å²) < 4.78 is 0. The zero-order valence-electron chi connectivity index (χ0n) is 12.7. The van der Waals surface area contributed by atoms with Crippen molar-refractivity contribution in [2.45, 2.75) is 52.5 Å². The van der Waals surface area contributed by atoms with E-state index in [-0.39, 0.29) is 5.54 Å². The molecule has 0 fully saturated rings. The molecule has 2 aromatic heterocycles. The van der Waals surface area contributed by atoms with Gasteiger partial charge in [-0.1, -0.05) is 18.3 Å². The molecule has 0 aliphatic heterocycles. The maximum absolute atomic E-state index is 4.35. The molecule has 0 amide bonds. The molecule has 0 unspecified atom stereocenters. The first-order valence-electron chi connectivity index (χ1n) is 7.14. The number of hydrogen-bond acceptors (Lipinski definition) is 5. The van der Waals surface area contributed by atoms with Gasteiger partial charge in [0.05, 0.1) is 4.88 Å². The Morgan fingerprint density at radius 3 is 2.75 bits per heavy atom. The fourth-order valence-electron chi connectivity index (χ4n) is 1.95. The van der Waals surface area contributed by atoms with Crippen molar-refractivity contribution in [3.63, 3.8) is 0 Å². The Bertz CT molecular complexity index is 537. The molecule has 0 saturated heterocycles. The van der Waals surface area contributed by atoms with E-state index < -0.39 is 0 Å². The van der Waals surface area contributed by atoms with Crippen molar-refractivity contribution in [2.75, 3.05) is 6.54 Å². The molecule has 0 atom stereocenters. The van der Waals surface area contributed by atoms with Crippen molar-refractivity contribution < 1.29 is 0 Å². The van der Waals surface area contributed by atoms with E-state index in [2.05, 4.69) is 54.7 Å². The van der Waals surface area contributed by atoms with Crippen molar-refractivity contribution in [3.05, 3.63) is 22.0 Å². The lowest BCUT2D eigenvalue weighted by atomic mass is 10.1. The van der Waals surface area contributed by atoms with Crippen LogP contribution in [0.5, 0.6) is 0 Å². The molecule has 110 valence electrons. The summed E-state index contributed by atoms with van der Waals surface area (Å²) in [4.78, 5) is 1.30. The summed E-state index contributed by atoms with van der Waals surface area (Å²) in [7, 11) is 0. The second kappa shape index (κ2) is 6.78. The number of aromatic nitrogens is 2. The maximum atomic E-state index is 4.35. The largest absolute Gasteiger partial charge is 0.312 e. The SMILES string of the molecule is CCc1ccsc1-c1nnc(CCCNC(C)(C)C)s1. The van der Waals surface area contributed by atoms with Gasteiger partial charge >= 0.3 is 0 Å². The zero-order chi connectivity index (χ0) is 14.6. The Morgan fingerprint density at radius 1 is 1.25 bits per heavy atom. The van der Waals surface area contributed by atoms with Gasteiger partial charge in [0.2, 0.25) is 0 Å². The molecule has 0 saturated carbocycles. The first kappa shape index (κ1) is 15.6. The van der Waals surface area contributed by atoms with Crippen LogP contribution < -0.4 is 5.32 Å². The Morgan fingerprint density at radius 2 is 2.05 bits per heavy atom. The third kappa shape index (κ3) is 4.36. The van der Waals surface area contributed by atoms with Gasteiger partial charge in [0.25, 0.3) is 0 Å². The number of nitrogens with one attached hydrogen (secondary N) is 1. The summed E-state index contributed by atoms with van der Waals surface area (Å²) >= 11 is 3.51. The average Bonchev–Trinajstić information content (AvgIpc) is 3.01. The van der Waals surface area contributed by atoms with Crippen molar-refractivity contribution in [3.8, 4) is 9.88 Å². The van der Waals surface area contributed by atoms with Gasteiger partial charge in [0.15, 0.2) is 5.01 Å². The first-order valence-corrected chi connectivity index (χ1v) is 8.83. The maximum Gasteiger partial charge on any atom is 0.158 e. The minimum absolute atomic E-state index is 0.194. The Balaban J connectivity index is 1.90. The second-order valence-corrected chi connectivity index (χ2v) is 7.89. The molecular weight excluding hydrogens is 286 g/mol. The molecule has 0 aliphatic carbocycles. The van der Waals surface area contributed by atoms with Crippen molar-refractivity contribution >= 4 is 22.7 Å². The fourth-order valence-corrected chi connectivity index (χ4v) is 3.95. The van der Waals surface area contributed by atoms with E-state index in [4.69, 9.17) is 0 Å². The topological polar surface area (TPSA) is 37.8 Å². The number of thiophene rings is 1. The monoisotopic (exact) mass is 309 g/mol. The van der Waals surface area contributed by atoms with Gasteiger partial charge in [-0.25, -0.2) is 0 Å². The Hall–Kier alpha value is -0.780. The van der Waals surface area contributed by atoms with Crippen LogP contribution in [-0.4, -0.2) is 22.3 Å². The molecule has 3 nitrogen and oxygen atoms in total. The van der Waals surface area contributed by atoms with Crippen molar-refractivity contribution in [1.29, 1.82) is 0 Å². The standard InChI is InChI=1S/C15H23N3S2/c1-5-11-8-10-19-13(11)14-18-17-12(20-14)7-6-9-16-15(2,3)4/h8,10,16H,5-7,9H2,1-4H3. The molecule has 0 spiro atoms. The molecule has 5 heteroatoms. The number of nitrogens with zero attached hydrogens (tertiary/aromatic N) is 2. The van der Waals surface area contributed by atoms with Crippen LogP contribution in [0, 0.1) is 0 Å². The molecule has 20 heavy (non-hydrogen) atoms. The minimum Gasteiger partial charge on any atom is -0.312 e. The quantitative estimate of drug-likeness (QED) is 0.815. The highest BCUT2D eigenvalue weighted by molar-refractivity contribution is 7.20. The van der Waals surface area contributed by atoms with Crippen molar-refractivity contribution in [1.82, 2.24) is 15.5 Å². The first-order chi connectivity index (χ1) is 9.49. The summed E-state index contributed by atoms with van der Waals surface area (Å²) in [6.45, 7) is 9.79. The van der Waals surface area contributed by atoms with Gasteiger partial charge in [-0.2, -0.15) is 0 Å². The Kier molecular flexibility index (Phi) is 5.29. The molecule has 0 aromatic carbocycles. The Labute approximate surface area is 129 Å². The summed E-state index contributed by atoms with van der Waals surface area (Å²) in [5, 5.41) is 16.6. The van der Waals surface area contributed by atoms with Gasteiger partial charge in [0, 0.05) is 12.0 Å². The summed E-state index contributed by atoms with van der Waals surface area (Å²) in [6.07, 6.45) is 3.17. The summed E-state index contributed by atoms with van der Waals surface area (Å²) in [5.41, 5.74) is 1.58. The summed E-state index contributed by atoms with van der Waals surface area (Å²) in [5.74, 6) is 0. The minimum atomic E-state index is 0.194. The van der Waals surface area contributed by atoms with Gasteiger partial charge in [0.1, 0.15) is 5.01 Å². The molecule has 2 heterocycles. The van der Waals surface area contributed by atoms with E-state index in [9.17, 15) is 0 Å². The lowest BCUT2D eigenvalue weighted by molar-refractivity contribution is 0.422.